The molecular formula is C25H27N7O3. The van der Waals surface area contributed by atoms with Gasteiger partial charge in [0.25, 0.3) is 0 Å². The highest BCUT2D eigenvalue weighted by molar-refractivity contribution is 5.79. The molecular weight excluding hydrogens is 446 g/mol. The van der Waals surface area contributed by atoms with Gasteiger partial charge in [-0.3, -0.25) is 14.6 Å². The number of ether oxygens (including phenoxy) is 2. The minimum absolute atomic E-state index is 0.0187. The van der Waals surface area contributed by atoms with Crippen LogP contribution in [0.3, 0.4) is 0 Å². The molecule has 0 amide bonds. The van der Waals surface area contributed by atoms with Gasteiger partial charge in [-0.25, -0.2) is 9.97 Å². The molecule has 1 saturated heterocycles. The lowest BCUT2D eigenvalue weighted by molar-refractivity contribution is 0.0322. The van der Waals surface area contributed by atoms with Gasteiger partial charge in [0.05, 0.1) is 35.5 Å². The third kappa shape index (κ3) is 4.74. The Kier molecular flexibility index (Phi) is 6.72. The molecule has 10 heteroatoms. The molecule has 10 nitrogen and oxygen atoms in total. The second-order valence-corrected chi connectivity index (χ2v) is 8.40. The van der Waals surface area contributed by atoms with Crippen molar-refractivity contribution in [2.24, 2.45) is 0 Å². The van der Waals surface area contributed by atoms with Crippen molar-refractivity contribution in [2.45, 2.75) is 13.3 Å². The number of aliphatic hydroxyl groups is 1. The molecule has 0 bridgehead atoms. The molecule has 4 aromatic rings. The van der Waals surface area contributed by atoms with E-state index in [1.54, 1.807) is 6.33 Å². The van der Waals surface area contributed by atoms with Gasteiger partial charge in [-0.1, -0.05) is 6.07 Å². The Hall–Kier alpha value is -3.78. The van der Waals surface area contributed by atoms with Crippen LogP contribution in [0.2, 0.25) is 0 Å². The van der Waals surface area contributed by atoms with E-state index in [-0.39, 0.29) is 12.3 Å². The van der Waals surface area contributed by atoms with Crippen molar-refractivity contribution < 1.29 is 14.6 Å². The van der Waals surface area contributed by atoms with Gasteiger partial charge in [0, 0.05) is 38.0 Å². The molecule has 2 N–H and O–H groups in total. The summed E-state index contributed by atoms with van der Waals surface area (Å²) in [5.74, 6) is 1.44. The number of hydrogen-bond acceptors (Lipinski definition) is 8. The zero-order valence-corrected chi connectivity index (χ0v) is 19.6. The molecule has 4 heterocycles. The molecule has 180 valence electrons. The van der Waals surface area contributed by atoms with Crippen molar-refractivity contribution >= 4 is 11.0 Å². The van der Waals surface area contributed by atoms with Crippen LogP contribution in [0.15, 0.2) is 36.7 Å². The minimum Gasteiger partial charge on any atom is -0.492 e. The lowest BCUT2D eigenvalue weighted by Crippen LogP contribution is -2.38. The van der Waals surface area contributed by atoms with Crippen LogP contribution >= 0.6 is 0 Å². The predicted molar refractivity (Wildman–Crippen MR) is 129 cm³/mol. The molecule has 1 fully saturated rings. The number of imidazole rings is 1. The monoisotopic (exact) mass is 473 g/mol. The summed E-state index contributed by atoms with van der Waals surface area (Å²) in [5, 5.41) is 26.0. The molecule has 35 heavy (non-hydrogen) atoms. The first kappa shape index (κ1) is 23.0. The van der Waals surface area contributed by atoms with E-state index < -0.39 is 0 Å². The number of H-pyrrole nitrogens is 1. The molecule has 1 aliphatic heterocycles. The maximum atomic E-state index is 9.54. The highest BCUT2D eigenvalue weighted by Crippen LogP contribution is 2.30. The van der Waals surface area contributed by atoms with Gasteiger partial charge in [0.1, 0.15) is 30.6 Å². The minimum atomic E-state index is -0.0187. The van der Waals surface area contributed by atoms with Gasteiger partial charge in [-0.05, 0) is 37.1 Å². The third-order valence-electron chi connectivity index (χ3n) is 6.18. The molecule has 0 radical (unpaired) electrons. The Morgan fingerprint density at radius 1 is 1.23 bits per heavy atom. The standard InChI is InChI=1S/C25H27N7O3/c1-17-24(21(15-26)30-29-17)25-18(6-10-33)2-5-23(28-25)32-16-27-20-14-19(3-4-22(20)32)35-13-9-31-7-11-34-12-8-31/h2-5,14,16,33H,6-13H2,1H3,(H,29,30). The second-order valence-electron chi connectivity index (χ2n) is 8.40. The number of aliphatic hydroxyl groups excluding tert-OH is 1. The fourth-order valence-corrected chi connectivity index (χ4v) is 4.33. The van der Waals surface area contributed by atoms with Crippen molar-refractivity contribution in [1.82, 2.24) is 29.6 Å². The van der Waals surface area contributed by atoms with E-state index in [1.807, 2.05) is 41.8 Å². The predicted octanol–water partition coefficient (Wildman–Crippen LogP) is 2.24. The van der Waals surface area contributed by atoms with Crippen LogP contribution in [0, 0.1) is 18.3 Å². The molecule has 1 aromatic carbocycles. The molecule has 0 atom stereocenters. The van der Waals surface area contributed by atoms with Crippen LogP contribution in [-0.4, -0.2) is 80.8 Å². The second kappa shape index (κ2) is 10.2. The molecule has 0 spiro atoms. The average Bonchev–Trinajstić information content (AvgIpc) is 3.48. The van der Waals surface area contributed by atoms with Gasteiger partial charge in [-0.15, -0.1) is 0 Å². The summed E-state index contributed by atoms with van der Waals surface area (Å²) in [4.78, 5) is 11.8. The summed E-state index contributed by atoms with van der Waals surface area (Å²) in [6.45, 7) is 6.73. The Bertz CT molecular complexity index is 1370. The summed E-state index contributed by atoms with van der Waals surface area (Å²) >= 11 is 0. The van der Waals surface area contributed by atoms with E-state index in [0.29, 0.717) is 30.1 Å². The highest BCUT2D eigenvalue weighted by Gasteiger charge is 2.19. The number of aryl methyl sites for hydroxylation is 1. The first-order valence-electron chi connectivity index (χ1n) is 11.6. The molecule has 0 unspecified atom stereocenters. The van der Waals surface area contributed by atoms with Crippen molar-refractivity contribution in [3.8, 4) is 28.9 Å². The van der Waals surface area contributed by atoms with E-state index in [1.165, 1.54) is 0 Å². The van der Waals surface area contributed by atoms with E-state index in [4.69, 9.17) is 14.5 Å². The number of nitrogens with zero attached hydrogens (tertiary/aromatic N) is 6. The number of aromatic nitrogens is 5. The average molecular weight is 474 g/mol. The molecule has 3 aromatic heterocycles. The number of benzene rings is 1. The van der Waals surface area contributed by atoms with Crippen LogP contribution in [0.1, 0.15) is 17.0 Å². The fourth-order valence-electron chi connectivity index (χ4n) is 4.33. The molecule has 1 aliphatic rings. The number of morpholine rings is 1. The number of hydrogen-bond donors (Lipinski definition) is 2. The number of fused-ring (bicyclic) bond motifs is 1. The lowest BCUT2D eigenvalue weighted by Gasteiger charge is -2.26. The van der Waals surface area contributed by atoms with Crippen molar-refractivity contribution in [3.05, 3.63) is 53.6 Å². The largest absolute Gasteiger partial charge is 0.492 e. The van der Waals surface area contributed by atoms with Crippen LogP contribution in [0.4, 0.5) is 0 Å². The SMILES string of the molecule is Cc1[nH]nc(C#N)c1-c1nc(-n2cnc3cc(OCCN4CCOCC4)ccc32)ccc1CCO. The summed E-state index contributed by atoms with van der Waals surface area (Å²) in [7, 11) is 0. The van der Waals surface area contributed by atoms with Gasteiger partial charge in [0.2, 0.25) is 0 Å². The topological polar surface area (TPSA) is 125 Å². The fraction of sp³-hybridized carbons (Fsp3) is 0.360. The number of aromatic amines is 1. The smallest absolute Gasteiger partial charge is 0.171 e. The van der Waals surface area contributed by atoms with Crippen LogP contribution in [0.5, 0.6) is 5.75 Å². The van der Waals surface area contributed by atoms with Crippen LogP contribution < -0.4 is 4.74 Å². The number of pyridine rings is 1. The van der Waals surface area contributed by atoms with Crippen LogP contribution in [-0.2, 0) is 11.2 Å². The molecule has 0 aliphatic carbocycles. The number of nitrogens with one attached hydrogen (secondary N) is 1. The van der Waals surface area contributed by atoms with Gasteiger partial charge in [0.15, 0.2) is 5.69 Å². The Morgan fingerprint density at radius 3 is 2.89 bits per heavy atom. The van der Waals surface area contributed by atoms with Crippen LogP contribution in [0.25, 0.3) is 28.1 Å². The highest BCUT2D eigenvalue weighted by atomic mass is 16.5. The normalized spacial score (nSPS) is 14.3. The van der Waals surface area contributed by atoms with E-state index >= 15 is 0 Å². The van der Waals surface area contributed by atoms with E-state index in [2.05, 4.69) is 26.2 Å². The first-order valence-corrected chi connectivity index (χ1v) is 11.6. The Morgan fingerprint density at radius 2 is 2.09 bits per heavy atom. The van der Waals surface area contributed by atoms with E-state index in [9.17, 15) is 10.4 Å². The molecule has 0 saturated carbocycles. The summed E-state index contributed by atoms with van der Waals surface area (Å²) in [6.07, 6.45) is 2.15. The number of nitriles is 1. The van der Waals surface area contributed by atoms with Gasteiger partial charge < -0.3 is 14.6 Å². The quantitative estimate of drug-likeness (QED) is 0.399. The Balaban J connectivity index is 1.42. The summed E-state index contributed by atoms with van der Waals surface area (Å²) < 4.78 is 13.3. The first-order chi connectivity index (χ1) is 17.2. The zero-order chi connectivity index (χ0) is 24.2. The van der Waals surface area contributed by atoms with Crippen molar-refractivity contribution in [1.29, 1.82) is 5.26 Å². The zero-order valence-electron chi connectivity index (χ0n) is 19.6. The lowest BCUT2D eigenvalue weighted by atomic mass is 10.0. The van der Waals surface area contributed by atoms with Gasteiger partial charge >= 0.3 is 0 Å². The molecule has 5 rings (SSSR count). The number of rotatable bonds is 8. The maximum Gasteiger partial charge on any atom is 0.171 e. The van der Waals surface area contributed by atoms with Gasteiger partial charge in [-0.2, -0.15) is 10.4 Å². The van der Waals surface area contributed by atoms with E-state index in [0.717, 1.165) is 60.9 Å². The summed E-state index contributed by atoms with van der Waals surface area (Å²) in [6, 6.07) is 11.8. The maximum absolute atomic E-state index is 9.54. The van der Waals surface area contributed by atoms with Crippen molar-refractivity contribution in [3.63, 3.8) is 0 Å². The Labute approximate surface area is 202 Å². The van der Waals surface area contributed by atoms with Crippen molar-refractivity contribution in [2.75, 3.05) is 46.1 Å². The summed E-state index contributed by atoms with van der Waals surface area (Å²) in [5.41, 5.74) is 4.85. The third-order valence-corrected chi connectivity index (χ3v) is 6.18.